The van der Waals surface area contributed by atoms with Gasteiger partial charge in [-0.25, -0.2) is 0 Å². The highest BCUT2D eigenvalue weighted by atomic mass is 16.3. The topological polar surface area (TPSA) is 20.2 Å². The Kier molecular flexibility index (Phi) is 2.57. The normalized spacial score (nSPS) is 37.5. The van der Waals surface area contributed by atoms with Gasteiger partial charge in [0, 0.05) is 6.61 Å². The van der Waals surface area contributed by atoms with Crippen LogP contribution >= 0.6 is 0 Å². The van der Waals surface area contributed by atoms with Crippen molar-refractivity contribution in [2.45, 2.75) is 62.7 Å². The van der Waals surface area contributed by atoms with Crippen molar-refractivity contribution in [1.82, 2.24) is 0 Å². The van der Waals surface area contributed by atoms with Crippen molar-refractivity contribution in [2.75, 3.05) is 6.61 Å². The van der Waals surface area contributed by atoms with E-state index in [4.69, 9.17) is 0 Å². The predicted octanol–water partition coefficient (Wildman–Crippen LogP) is 4.15. The predicted molar refractivity (Wildman–Crippen MR) is 77.3 cm³/mol. The zero-order chi connectivity index (χ0) is 12.9. The maximum atomic E-state index is 9.63. The van der Waals surface area contributed by atoms with E-state index in [0.717, 1.165) is 5.92 Å². The molecule has 0 heterocycles. The molecule has 2 bridgehead atoms. The average Bonchev–Trinajstić information content (AvgIpc) is 3.34. The maximum Gasteiger partial charge on any atom is 0.0487 e. The molecule has 1 aromatic rings. The van der Waals surface area contributed by atoms with Gasteiger partial charge in [0.05, 0.1) is 0 Å². The first-order chi connectivity index (χ1) is 9.25. The van der Waals surface area contributed by atoms with Crippen molar-refractivity contribution in [2.24, 2.45) is 5.41 Å². The van der Waals surface area contributed by atoms with Gasteiger partial charge in [-0.1, -0.05) is 24.3 Å². The molecule has 1 N–H and O–H groups in total. The van der Waals surface area contributed by atoms with E-state index < -0.39 is 0 Å². The fourth-order valence-electron chi connectivity index (χ4n) is 4.46. The summed E-state index contributed by atoms with van der Waals surface area (Å²) >= 11 is 0. The fraction of sp³-hybridized carbons (Fsp3) is 0.667. The second-order valence-corrected chi connectivity index (χ2v) is 7.33. The first kappa shape index (κ1) is 12.0. The molecule has 1 heteroatoms. The molecule has 0 unspecified atom stereocenters. The average molecular weight is 256 g/mol. The Bertz CT molecular complexity index is 444. The van der Waals surface area contributed by atoms with Crippen molar-refractivity contribution < 1.29 is 5.11 Å². The van der Waals surface area contributed by atoms with Crippen LogP contribution in [0.15, 0.2) is 24.3 Å². The van der Waals surface area contributed by atoms with Gasteiger partial charge in [0.15, 0.2) is 0 Å². The van der Waals surface area contributed by atoms with Crippen LogP contribution in [0.3, 0.4) is 0 Å². The Morgan fingerprint density at radius 3 is 1.95 bits per heavy atom. The molecule has 4 aliphatic rings. The first-order valence-corrected chi connectivity index (χ1v) is 7.97. The lowest BCUT2D eigenvalue weighted by molar-refractivity contribution is -0.00688. The number of fused-ring (bicyclic) bond motifs is 3. The summed E-state index contributed by atoms with van der Waals surface area (Å²) < 4.78 is 0. The van der Waals surface area contributed by atoms with Crippen molar-refractivity contribution >= 4 is 0 Å². The van der Waals surface area contributed by atoms with Crippen LogP contribution in [0.5, 0.6) is 0 Å². The summed E-state index contributed by atoms with van der Waals surface area (Å²) in [6.07, 6.45) is 10.3. The molecule has 0 atom stereocenters. The SMILES string of the molecule is OCC12CCC(c3ccc(C4CC4)cc3)(CC1)CC2. The minimum absolute atomic E-state index is 0.287. The molecule has 0 aliphatic heterocycles. The number of benzene rings is 1. The number of aliphatic hydroxyl groups is 1. The third-order valence-corrected chi connectivity index (χ3v) is 6.31. The zero-order valence-corrected chi connectivity index (χ0v) is 11.7. The largest absolute Gasteiger partial charge is 0.396 e. The Morgan fingerprint density at radius 2 is 1.47 bits per heavy atom. The van der Waals surface area contributed by atoms with Gasteiger partial charge in [-0.3, -0.25) is 0 Å². The lowest BCUT2D eigenvalue weighted by Crippen LogP contribution is -2.45. The van der Waals surface area contributed by atoms with Crippen molar-refractivity contribution in [3.05, 3.63) is 35.4 Å². The van der Waals surface area contributed by atoms with Crippen LogP contribution in [0.4, 0.5) is 0 Å². The molecular formula is C18H24O. The highest BCUT2D eigenvalue weighted by Crippen LogP contribution is 2.57. The molecule has 5 rings (SSSR count). The summed E-state index contributed by atoms with van der Waals surface area (Å²) in [4.78, 5) is 0. The molecule has 0 amide bonds. The van der Waals surface area contributed by atoms with Gasteiger partial charge in [0.1, 0.15) is 0 Å². The molecule has 1 nitrogen and oxygen atoms in total. The van der Waals surface area contributed by atoms with Crippen LogP contribution in [0, 0.1) is 5.41 Å². The Hall–Kier alpha value is -0.820. The van der Waals surface area contributed by atoms with E-state index in [-0.39, 0.29) is 5.41 Å². The Morgan fingerprint density at radius 1 is 0.895 bits per heavy atom. The molecule has 4 fully saturated rings. The Labute approximate surface area is 116 Å². The molecule has 19 heavy (non-hydrogen) atoms. The van der Waals surface area contributed by atoms with Crippen molar-refractivity contribution in [3.8, 4) is 0 Å². The minimum Gasteiger partial charge on any atom is -0.396 e. The van der Waals surface area contributed by atoms with Gasteiger partial charge in [0.25, 0.3) is 0 Å². The lowest BCUT2D eigenvalue weighted by atomic mass is 9.52. The van der Waals surface area contributed by atoms with E-state index >= 15 is 0 Å². The van der Waals surface area contributed by atoms with Gasteiger partial charge in [0.2, 0.25) is 0 Å². The molecule has 0 radical (unpaired) electrons. The van der Waals surface area contributed by atoms with Crippen LogP contribution in [-0.4, -0.2) is 11.7 Å². The van der Waals surface area contributed by atoms with Gasteiger partial charge < -0.3 is 5.11 Å². The quantitative estimate of drug-likeness (QED) is 0.861. The van der Waals surface area contributed by atoms with Gasteiger partial charge >= 0.3 is 0 Å². The lowest BCUT2D eigenvalue weighted by Gasteiger charge is -2.53. The number of aliphatic hydroxyl groups excluding tert-OH is 1. The van der Waals surface area contributed by atoms with E-state index in [0.29, 0.717) is 12.0 Å². The number of hydrogen-bond acceptors (Lipinski definition) is 1. The highest BCUT2D eigenvalue weighted by Gasteiger charge is 2.48. The Balaban J connectivity index is 1.58. The third kappa shape index (κ3) is 1.86. The first-order valence-electron chi connectivity index (χ1n) is 7.97. The molecule has 4 saturated carbocycles. The summed E-state index contributed by atoms with van der Waals surface area (Å²) in [7, 11) is 0. The third-order valence-electron chi connectivity index (χ3n) is 6.31. The van der Waals surface area contributed by atoms with Crippen LogP contribution in [-0.2, 0) is 5.41 Å². The van der Waals surface area contributed by atoms with Crippen molar-refractivity contribution in [3.63, 3.8) is 0 Å². The zero-order valence-electron chi connectivity index (χ0n) is 11.7. The monoisotopic (exact) mass is 256 g/mol. The smallest absolute Gasteiger partial charge is 0.0487 e. The number of hydrogen-bond donors (Lipinski definition) is 1. The fourth-order valence-corrected chi connectivity index (χ4v) is 4.46. The summed E-state index contributed by atoms with van der Waals surface area (Å²) in [6.45, 7) is 0.406. The molecule has 1 aromatic carbocycles. The summed E-state index contributed by atoms with van der Waals surface area (Å²) in [5.74, 6) is 0.867. The van der Waals surface area contributed by atoms with Crippen LogP contribution < -0.4 is 0 Å². The van der Waals surface area contributed by atoms with E-state index in [1.165, 1.54) is 51.4 Å². The highest BCUT2D eigenvalue weighted by molar-refractivity contribution is 5.34. The molecule has 4 aliphatic carbocycles. The van der Waals surface area contributed by atoms with Crippen molar-refractivity contribution in [1.29, 1.82) is 0 Å². The molecule has 0 spiro atoms. The number of rotatable bonds is 3. The molecule has 102 valence electrons. The minimum atomic E-state index is 0.287. The van der Waals surface area contributed by atoms with Gasteiger partial charge in [-0.05, 0) is 79.2 Å². The van der Waals surface area contributed by atoms with E-state index in [1.54, 1.807) is 11.1 Å². The second kappa shape index (κ2) is 4.09. The van der Waals surface area contributed by atoms with E-state index in [2.05, 4.69) is 24.3 Å². The van der Waals surface area contributed by atoms with Crippen LogP contribution in [0.25, 0.3) is 0 Å². The molecule has 0 aromatic heterocycles. The van der Waals surface area contributed by atoms with Gasteiger partial charge in [-0.2, -0.15) is 0 Å². The van der Waals surface area contributed by atoms with Crippen LogP contribution in [0.1, 0.15) is 68.4 Å². The van der Waals surface area contributed by atoms with E-state index in [9.17, 15) is 5.11 Å². The second-order valence-electron chi connectivity index (χ2n) is 7.33. The molecular weight excluding hydrogens is 232 g/mol. The van der Waals surface area contributed by atoms with Gasteiger partial charge in [-0.15, -0.1) is 0 Å². The van der Waals surface area contributed by atoms with E-state index in [1.807, 2.05) is 0 Å². The summed E-state index contributed by atoms with van der Waals surface area (Å²) in [5, 5.41) is 9.63. The summed E-state index contributed by atoms with van der Waals surface area (Å²) in [5.41, 5.74) is 3.86. The maximum absolute atomic E-state index is 9.63. The standard InChI is InChI=1S/C18H24O/c19-13-17-7-10-18(11-8-17,12-9-17)16-5-3-15(4-6-16)14-1-2-14/h3-6,14,19H,1-2,7-13H2. The summed E-state index contributed by atoms with van der Waals surface area (Å²) in [6, 6.07) is 9.57. The molecule has 0 saturated heterocycles. The van der Waals surface area contributed by atoms with Crippen LogP contribution in [0.2, 0.25) is 0 Å².